The maximum Gasteiger partial charge on any atom is 0.342 e. The summed E-state index contributed by atoms with van der Waals surface area (Å²) in [5.74, 6) is -1.12. The Bertz CT molecular complexity index is 982. The van der Waals surface area contributed by atoms with E-state index in [1.54, 1.807) is 13.8 Å². The van der Waals surface area contributed by atoms with E-state index < -0.39 is 23.0 Å². The van der Waals surface area contributed by atoms with E-state index in [1.165, 1.54) is 13.3 Å². The smallest absolute Gasteiger partial charge is 0.342 e. The highest BCUT2D eigenvalue weighted by molar-refractivity contribution is 6.03. The zero-order chi connectivity index (χ0) is 20.4. The van der Waals surface area contributed by atoms with Crippen LogP contribution in [0.2, 0.25) is 0 Å². The largest absolute Gasteiger partial charge is 0.462 e. The van der Waals surface area contributed by atoms with Crippen LogP contribution in [0.5, 0.6) is 0 Å². The number of ether oxygens (including phenoxy) is 1. The van der Waals surface area contributed by atoms with E-state index in [1.807, 2.05) is 13.8 Å². The van der Waals surface area contributed by atoms with Gasteiger partial charge in [-0.15, -0.1) is 0 Å². The van der Waals surface area contributed by atoms with Gasteiger partial charge in [-0.2, -0.15) is 5.26 Å². The molecule has 27 heavy (non-hydrogen) atoms. The van der Waals surface area contributed by atoms with Gasteiger partial charge in [-0.25, -0.2) is 9.78 Å². The van der Waals surface area contributed by atoms with Crippen molar-refractivity contribution in [3.8, 4) is 6.07 Å². The van der Waals surface area contributed by atoms with Crippen LogP contribution >= 0.6 is 0 Å². The van der Waals surface area contributed by atoms with Gasteiger partial charge in [-0.3, -0.25) is 14.2 Å². The molecule has 0 aliphatic rings. The molecule has 1 amide bonds. The van der Waals surface area contributed by atoms with Crippen LogP contribution in [0.25, 0.3) is 11.1 Å². The van der Waals surface area contributed by atoms with Crippen LogP contribution in [-0.4, -0.2) is 33.6 Å². The van der Waals surface area contributed by atoms with Crippen LogP contribution in [0.15, 0.2) is 15.5 Å². The van der Waals surface area contributed by atoms with Gasteiger partial charge in [-0.05, 0) is 26.7 Å². The number of aromatic nitrogens is 2. The Kier molecular flexibility index (Phi) is 5.69. The van der Waals surface area contributed by atoms with Gasteiger partial charge in [0.05, 0.1) is 12.7 Å². The highest BCUT2D eigenvalue weighted by atomic mass is 16.5. The maximum absolute atomic E-state index is 12.8. The lowest BCUT2D eigenvalue weighted by Gasteiger charge is -2.27. The average Bonchev–Trinajstić information content (AvgIpc) is 2.94. The first-order valence-corrected chi connectivity index (χ1v) is 8.52. The molecule has 2 aromatic rings. The number of nitrogens with one attached hydrogen (secondary N) is 1. The number of nitriles is 1. The highest BCUT2D eigenvalue weighted by Crippen LogP contribution is 2.21. The van der Waals surface area contributed by atoms with Crippen molar-refractivity contribution in [3.05, 3.63) is 28.0 Å². The fourth-order valence-electron chi connectivity index (χ4n) is 2.48. The number of amides is 1. The third-order valence-electron chi connectivity index (χ3n) is 4.43. The molecule has 0 aliphatic carbocycles. The molecule has 0 aliphatic heterocycles. The number of furan rings is 1. The van der Waals surface area contributed by atoms with E-state index in [-0.39, 0.29) is 41.5 Å². The number of hydrogen-bond donors (Lipinski definition) is 1. The van der Waals surface area contributed by atoms with Gasteiger partial charge in [0.2, 0.25) is 11.6 Å². The van der Waals surface area contributed by atoms with Crippen molar-refractivity contribution >= 4 is 23.0 Å². The molecule has 9 heteroatoms. The molecular weight excluding hydrogens is 352 g/mol. The number of esters is 1. The quantitative estimate of drug-likeness (QED) is 0.759. The molecule has 0 saturated heterocycles. The Morgan fingerprint density at radius 1 is 1.48 bits per heavy atom. The number of hydrogen-bond acceptors (Lipinski definition) is 7. The average molecular weight is 374 g/mol. The van der Waals surface area contributed by atoms with Gasteiger partial charge in [-0.1, -0.05) is 13.8 Å². The fraction of sp³-hybridized carbons (Fsp3) is 0.500. The molecule has 2 aromatic heterocycles. The summed E-state index contributed by atoms with van der Waals surface area (Å²) >= 11 is 0. The van der Waals surface area contributed by atoms with Gasteiger partial charge in [0.15, 0.2) is 0 Å². The van der Waals surface area contributed by atoms with Gasteiger partial charge >= 0.3 is 5.97 Å². The molecule has 1 N–H and O–H groups in total. The van der Waals surface area contributed by atoms with E-state index in [0.717, 1.165) is 4.57 Å². The van der Waals surface area contributed by atoms with Crippen molar-refractivity contribution in [3.63, 3.8) is 0 Å². The number of fused-ring (bicyclic) bond motifs is 1. The Hall–Kier alpha value is -3.15. The van der Waals surface area contributed by atoms with Crippen molar-refractivity contribution in [2.24, 2.45) is 5.92 Å². The second-order valence-corrected chi connectivity index (χ2v) is 6.63. The zero-order valence-corrected chi connectivity index (χ0v) is 16.0. The standard InChI is InChI=1S/C18H22N4O5/c1-6-26-17(25)13-11(4)27-15-14(13)16(24)22(9-20-15)7-12(23)21-18(5,8-19)10(2)3/h9-10H,6-7H2,1-5H3,(H,21,23)/t18-/m1/s1. The predicted molar refractivity (Wildman–Crippen MR) is 96.0 cm³/mol. The summed E-state index contributed by atoms with van der Waals surface area (Å²) in [6.07, 6.45) is 1.17. The Morgan fingerprint density at radius 3 is 2.70 bits per heavy atom. The zero-order valence-electron chi connectivity index (χ0n) is 16.0. The van der Waals surface area contributed by atoms with Gasteiger partial charge in [0.25, 0.3) is 5.56 Å². The summed E-state index contributed by atoms with van der Waals surface area (Å²) in [6, 6.07) is 2.07. The van der Waals surface area contributed by atoms with Crippen LogP contribution in [0.1, 0.15) is 43.8 Å². The van der Waals surface area contributed by atoms with Gasteiger partial charge < -0.3 is 14.5 Å². The number of rotatable bonds is 6. The first-order valence-electron chi connectivity index (χ1n) is 8.52. The molecule has 2 heterocycles. The normalized spacial score (nSPS) is 13.2. The fourth-order valence-corrected chi connectivity index (χ4v) is 2.48. The summed E-state index contributed by atoms with van der Waals surface area (Å²) in [4.78, 5) is 41.3. The molecule has 0 radical (unpaired) electrons. The third kappa shape index (κ3) is 3.84. The summed E-state index contributed by atoms with van der Waals surface area (Å²) in [7, 11) is 0. The lowest BCUT2D eigenvalue weighted by Crippen LogP contribution is -2.50. The highest BCUT2D eigenvalue weighted by Gasteiger charge is 2.30. The monoisotopic (exact) mass is 374 g/mol. The molecule has 0 unspecified atom stereocenters. The molecule has 0 fully saturated rings. The molecule has 144 valence electrons. The van der Waals surface area contributed by atoms with Crippen molar-refractivity contribution in [2.75, 3.05) is 6.61 Å². The maximum atomic E-state index is 12.8. The van der Waals surface area contributed by atoms with Crippen LogP contribution in [-0.2, 0) is 16.1 Å². The lowest BCUT2D eigenvalue weighted by atomic mass is 9.90. The Morgan fingerprint density at radius 2 is 2.15 bits per heavy atom. The number of nitrogens with zero attached hydrogens (tertiary/aromatic N) is 3. The first-order chi connectivity index (χ1) is 12.6. The van der Waals surface area contributed by atoms with E-state index in [9.17, 15) is 19.6 Å². The van der Waals surface area contributed by atoms with Crippen molar-refractivity contribution < 1.29 is 18.7 Å². The SMILES string of the molecule is CCOC(=O)c1c(C)oc2ncn(CC(=O)N[C@](C)(C#N)C(C)C)c(=O)c12. The van der Waals surface area contributed by atoms with Crippen molar-refractivity contribution in [1.29, 1.82) is 5.26 Å². The second kappa shape index (κ2) is 7.61. The van der Waals surface area contributed by atoms with E-state index >= 15 is 0 Å². The summed E-state index contributed by atoms with van der Waals surface area (Å²) in [6.45, 7) is 8.20. The van der Waals surface area contributed by atoms with Crippen LogP contribution < -0.4 is 10.9 Å². The molecule has 0 spiro atoms. The summed E-state index contributed by atoms with van der Waals surface area (Å²) in [5.41, 5.74) is -1.66. The topological polar surface area (TPSA) is 127 Å². The molecular formula is C18H22N4O5. The van der Waals surface area contributed by atoms with E-state index in [4.69, 9.17) is 9.15 Å². The molecule has 0 saturated carbocycles. The minimum absolute atomic E-state index is 0.00116. The number of carbonyl (C=O) groups is 2. The number of aryl methyl sites for hydroxylation is 1. The Balaban J connectivity index is 2.41. The molecule has 9 nitrogen and oxygen atoms in total. The Labute approximate surface area is 155 Å². The van der Waals surface area contributed by atoms with Gasteiger partial charge in [0.1, 0.15) is 35.1 Å². The predicted octanol–water partition coefficient (Wildman–Crippen LogP) is 1.53. The van der Waals surface area contributed by atoms with E-state index in [0.29, 0.717) is 0 Å². The van der Waals surface area contributed by atoms with Crippen LogP contribution in [0.3, 0.4) is 0 Å². The van der Waals surface area contributed by atoms with E-state index in [2.05, 4.69) is 16.4 Å². The van der Waals surface area contributed by atoms with Crippen molar-refractivity contribution in [1.82, 2.24) is 14.9 Å². The molecule has 0 aromatic carbocycles. The van der Waals surface area contributed by atoms with Crippen LogP contribution in [0.4, 0.5) is 0 Å². The summed E-state index contributed by atoms with van der Waals surface area (Å²) in [5, 5.41) is 11.9. The first kappa shape index (κ1) is 20.2. The molecule has 1 atom stereocenters. The third-order valence-corrected chi connectivity index (χ3v) is 4.43. The minimum Gasteiger partial charge on any atom is -0.462 e. The molecule has 0 bridgehead atoms. The second-order valence-electron chi connectivity index (χ2n) is 6.63. The lowest BCUT2D eigenvalue weighted by molar-refractivity contribution is -0.123. The molecule has 2 rings (SSSR count). The van der Waals surface area contributed by atoms with Crippen molar-refractivity contribution in [2.45, 2.75) is 46.7 Å². The minimum atomic E-state index is -1.07. The number of carbonyl (C=O) groups excluding carboxylic acids is 2. The van der Waals surface area contributed by atoms with Crippen LogP contribution in [0, 0.1) is 24.2 Å². The summed E-state index contributed by atoms with van der Waals surface area (Å²) < 4.78 is 11.4. The van der Waals surface area contributed by atoms with Gasteiger partial charge in [0, 0.05) is 0 Å².